The Hall–Kier alpha value is -1.80. The summed E-state index contributed by atoms with van der Waals surface area (Å²) in [6, 6.07) is 19.0. The van der Waals surface area contributed by atoms with Gasteiger partial charge in [0.1, 0.15) is 0 Å². The second-order valence-electron chi connectivity index (χ2n) is 6.33. The van der Waals surface area contributed by atoms with E-state index in [2.05, 4.69) is 67.7 Å². The Morgan fingerprint density at radius 2 is 1.76 bits per heavy atom. The standard InChI is InChI=1S/C19H23NO/c1-19(2)13-12-16(21-19)14-20-18-11-7-6-10-17(18)15-8-4-3-5-9-15/h3-11,16,20H,12-14H2,1-2H3. The van der Waals surface area contributed by atoms with Crippen LogP contribution < -0.4 is 5.32 Å². The van der Waals surface area contributed by atoms with E-state index in [1.807, 2.05) is 6.07 Å². The summed E-state index contributed by atoms with van der Waals surface area (Å²) in [5, 5.41) is 3.57. The highest BCUT2D eigenvalue weighted by Crippen LogP contribution is 2.31. The summed E-state index contributed by atoms with van der Waals surface area (Å²) in [7, 11) is 0. The highest BCUT2D eigenvalue weighted by Gasteiger charge is 2.31. The van der Waals surface area contributed by atoms with Crippen LogP contribution in [0.1, 0.15) is 26.7 Å². The van der Waals surface area contributed by atoms with Gasteiger partial charge in [-0.15, -0.1) is 0 Å². The zero-order chi connectivity index (χ0) is 14.7. The lowest BCUT2D eigenvalue weighted by Crippen LogP contribution is -2.24. The number of benzene rings is 2. The molecule has 1 unspecified atom stereocenters. The second kappa shape index (κ2) is 5.90. The van der Waals surface area contributed by atoms with E-state index in [4.69, 9.17) is 4.74 Å². The Morgan fingerprint density at radius 3 is 2.48 bits per heavy atom. The van der Waals surface area contributed by atoms with Crippen LogP contribution in [0.2, 0.25) is 0 Å². The first-order chi connectivity index (χ1) is 10.1. The minimum Gasteiger partial charge on any atom is -0.382 e. The predicted octanol–water partition coefficient (Wildman–Crippen LogP) is 4.72. The molecule has 0 aromatic heterocycles. The summed E-state index contributed by atoms with van der Waals surface area (Å²) < 4.78 is 6.05. The molecule has 0 aliphatic carbocycles. The molecule has 0 amide bonds. The van der Waals surface area contributed by atoms with Crippen molar-refractivity contribution in [2.45, 2.75) is 38.4 Å². The summed E-state index contributed by atoms with van der Waals surface area (Å²) in [5.41, 5.74) is 3.70. The Labute approximate surface area is 127 Å². The van der Waals surface area contributed by atoms with Crippen LogP contribution in [0.5, 0.6) is 0 Å². The van der Waals surface area contributed by atoms with E-state index in [1.54, 1.807) is 0 Å². The van der Waals surface area contributed by atoms with Crippen molar-refractivity contribution in [1.29, 1.82) is 0 Å². The van der Waals surface area contributed by atoms with Gasteiger partial charge in [-0.25, -0.2) is 0 Å². The number of hydrogen-bond donors (Lipinski definition) is 1. The first kappa shape index (κ1) is 14.2. The zero-order valence-electron chi connectivity index (χ0n) is 12.8. The van der Waals surface area contributed by atoms with Gasteiger partial charge in [-0.3, -0.25) is 0 Å². The lowest BCUT2D eigenvalue weighted by atomic mass is 10.0. The molecule has 21 heavy (non-hydrogen) atoms. The van der Waals surface area contributed by atoms with E-state index in [1.165, 1.54) is 16.8 Å². The van der Waals surface area contributed by atoms with Crippen LogP contribution in [0, 0.1) is 0 Å². The van der Waals surface area contributed by atoms with E-state index < -0.39 is 0 Å². The van der Waals surface area contributed by atoms with Gasteiger partial charge >= 0.3 is 0 Å². The van der Waals surface area contributed by atoms with Crippen LogP contribution in [-0.2, 0) is 4.74 Å². The number of hydrogen-bond acceptors (Lipinski definition) is 2. The summed E-state index contributed by atoms with van der Waals surface area (Å²) in [5.74, 6) is 0. The molecule has 1 saturated heterocycles. The molecule has 2 aromatic rings. The largest absolute Gasteiger partial charge is 0.382 e. The van der Waals surface area contributed by atoms with Crippen LogP contribution in [-0.4, -0.2) is 18.2 Å². The van der Waals surface area contributed by atoms with Crippen molar-refractivity contribution >= 4 is 5.69 Å². The molecule has 1 aliphatic heterocycles. The second-order valence-corrected chi connectivity index (χ2v) is 6.33. The number of rotatable bonds is 4. The monoisotopic (exact) mass is 281 g/mol. The maximum Gasteiger partial charge on any atom is 0.0755 e. The molecule has 0 bridgehead atoms. The average Bonchev–Trinajstić information content (AvgIpc) is 2.86. The van der Waals surface area contributed by atoms with Gasteiger partial charge in [0.25, 0.3) is 0 Å². The van der Waals surface area contributed by atoms with Crippen molar-refractivity contribution in [3.8, 4) is 11.1 Å². The molecule has 3 rings (SSSR count). The molecule has 2 aromatic carbocycles. The molecule has 2 heteroatoms. The van der Waals surface area contributed by atoms with E-state index in [-0.39, 0.29) is 5.60 Å². The number of para-hydroxylation sites is 1. The molecule has 110 valence electrons. The van der Waals surface area contributed by atoms with E-state index >= 15 is 0 Å². The highest BCUT2D eigenvalue weighted by molar-refractivity contribution is 5.77. The molecule has 0 spiro atoms. The molecular weight excluding hydrogens is 258 g/mol. The van der Waals surface area contributed by atoms with E-state index in [0.29, 0.717) is 6.10 Å². The minimum absolute atomic E-state index is 0.0330. The fourth-order valence-corrected chi connectivity index (χ4v) is 2.95. The van der Waals surface area contributed by atoms with Gasteiger partial charge in [-0.05, 0) is 38.3 Å². The smallest absolute Gasteiger partial charge is 0.0755 e. The van der Waals surface area contributed by atoms with Crippen molar-refractivity contribution < 1.29 is 4.74 Å². The average molecular weight is 281 g/mol. The maximum absolute atomic E-state index is 6.05. The topological polar surface area (TPSA) is 21.3 Å². The van der Waals surface area contributed by atoms with Gasteiger partial charge < -0.3 is 10.1 Å². The van der Waals surface area contributed by atoms with Crippen molar-refractivity contribution in [3.05, 3.63) is 54.6 Å². The van der Waals surface area contributed by atoms with Crippen molar-refractivity contribution in [2.75, 3.05) is 11.9 Å². The molecule has 0 saturated carbocycles. The van der Waals surface area contributed by atoms with Crippen molar-refractivity contribution in [2.24, 2.45) is 0 Å². The molecule has 1 N–H and O–H groups in total. The fraction of sp³-hybridized carbons (Fsp3) is 0.368. The first-order valence-electron chi connectivity index (χ1n) is 7.70. The van der Waals surface area contributed by atoms with Crippen LogP contribution in [0.15, 0.2) is 54.6 Å². The van der Waals surface area contributed by atoms with Gasteiger partial charge in [-0.2, -0.15) is 0 Å². The number of nitrogens with one attached hydrogen (secondary N) is 1. The van der Waals surface area contributed by atoms with Crippen molar-refractivity contribution in [3.63, 3.8) is 0 Å². The van der Waals surface area contributed by atoms with Crippen LogP contribution in [0.3, 0.4) is 0 Å². The third-order valence-corrected chi connectivity index (χ3v) is 4.09. The summed E-state index contributed by atoms with van der Waals surface area (Å²) in [6.07, 6.45) is 2.58. The Kier molecular flexibility index (Phi) is 3.98. The molecule has 1 aliphatic rings. The third kappa shape index (κ3) is 3.45. The lowest BCUT2D eigenvalue weighted by Gasteiger charge is -2.20. The van der Waals surface area contributed by atoms with Gasteiger partial charge in [0.2, 0.25) is 0 Å². The Morgan fingerprint density at radius 1 is 1.05 bits per heavy atom. The van der Waals surface area contributed by atoms with Gasteiger partial charge in [0.15, 0.2) is 0 Å². The molecule has 0 radical (unpaired) electrons. The molecule has 1 atom stereocenters. The number of ether oxygens (including phenoxy) is 1. The molecule has 2 nitrogen and oxygen atoms in total. The van der Waals surface area contributed by atoms with Gasteiger partial charge in [-0.1, -0.05) is 48.5 Å². The fourth-order valence-electron chi connectivity index (χ4n) is 2.95. The third-order valence-electron chi connectivity index (χ3n) is 4.09. The van der Waals surface area contributed by atoms with Gasteiger partial charge in [0.05, 0.1) is 11.7 Å². The first-order valence-corrected chi connectivity index (χ1v) is 7.70. The Balaban J connectivity index is 1.72. The quantitative estimate of drug-likeness (QED) is 0.875. The summed E-state index contributed by atoms with van der Waals surface area (Å²) >= 11 is 0. The van der Waals surface area contributed by atoms with Crippen LogP contribution >= 0.6 is 0 Å². The van der Waals surface area contributed by atoms with E-state index in [0.717, 1.165) is 19.4 Å². The summed E-state index contributed by atoms with van der Waals surface area (Å²) in [4.78, 5) is 0. The van der Waals surface area contributed by atoms with Crippen LogP contribution in [0.4, 0.5) is 5.69 Å². The number of anilines is 1. The SMILES string of the molecule is CC1(C)CCC(CNc2ccccc2-c2ccccc2)O1. The normalized spacial score (nSPS) is 20.4. The lowest BCUT2D eigenvalue weighted by molar-refractivity contribution is -0.00910. The molecule has 1 fully saturated rings. The maximum atomic E-state index is 6.05. The Bertz CT molecular complexity index is 592. The molecular formula is C19H23NO. The van der Waals surface area contributed by atoms with E-state index in [9.17, 15) is 0 Å². The van der Waals surface area contributed by atoms with Crippen LogP contribution in [0.25, 0.3) is 11.1 Å². The van der Waals surface area contributed by atoms with Crippen molar-refractivity contribution in [1.82, 2.24) is 0 Å². The summed E-state index contributed by atoms with van der Waals surface area (Å²) in [6.45, 7) is 5.21. The predicted molar refractivity (Wildman–Crippen MR) is 88.6 cm³/mol. The highest BCUT2D eigenvalue weighted by atomic mass is 16.5. The molecule has 1 heterocycles. The zero-order valence-corrected chi connectivity index (χ0v) is 12.8. The van der Waals surface area contributed by atoms with Gasteiger partial charge in [0, 0.05) is 17.8 Å². The minimum atomic E-state index is 0.0330.